The van der Waals surface area contributed by atoms with Crippen LogP contribution in [0.3, 0.4) is 0 Å². The largest absolute Gasteiger partial charge is 0.302 e. The third kappa shape index (κ3) is 1.97. The second-order valence-electron chi connectivity index (χ2n) is 5.41. The molecule has 0 N–H and O–H groups in total. The Labute approximate surface area is 133 Å². The first kappa shape index (κ1) is 13.3. The number of fused-ring (bicyclic) bond motifs is 2. The van der Waals surface area contributed by atoms with Crippen LogP contribution < -0.4 is 0 Å². The number of benzene rings is 1. The first-order valence-electron chi connectivity index (χ1n) is 7.20. The maximum atomic E-state index is 6.22. The van der Waals surface area contributed by atoms with Crippen LogP contribution in [-0.2, 0) is 0 Å². The minimum atomic E-state index is 0.320. The molecular weight excluding hydrogens is 294 g/mol. The Balaban J connectivity index is 1.98. The predicted molar refractivity (Wildman–Crippen MR) is 88.7 cm³/mol. The fourth-order valence-corrected chi connectivity index (χ4v) is 3.20. The zero-order valence-electron chi connectivity index (χ0n) is 12.1. The first-order valence-corrected chi connectivity index (χ1v) is 7.57. The maximum Gasteiger partial charge on any atom is 0.136 e. The van der Waals surface area contributed by atoms with E-state index in [2.05, 4.69) is 51.8 Å². The van der Waals surface area contributed by atoms with Gasteiger partial charge in [0.2, 0.25) is 0 Å². The van der Waals surface area contributed by atoms with Gasteiger partial charge in [-0.2, -0.15) is 0 Å². The number of nitrogens with zero attached hydrogens (tertiary/aromatic N) is 3. The summed E-state index contributed by atoms with van der Waals surface area (Å²) in [5.74, 6) is 0.320. The molecule has 3 nitrogen and oxygen atoms in total. The molecule has 1 aliphatic rings. The van der Waals surface area contributed by atoms with Gasteiger partial charge in [0.15, 0.2) is 0 Å². The molecule has 1 unspecified atom stereocenters. The third-order valence-electron chi connectivity index (χ3n) is 4.15. The van der Waals surface area contributed by atoms with E-state index in [0.717, 1.165) is 11.3 Å². The highest BCUT2D eigenvalue weighted by Crippen LogP contribution is 2.38. The standard InChI is InChI=1S/C18H14ClN3/c1-12-14-6-2-3-7-15(14)16(22-11-20-10-17(12)22)9-13-5-4-8-21-18(13)19/h2-12H,1H3/b16-9-. The van der Waals surface area contributed by atoms with Crippen molar-refractivity contribution in [1.82, 2.24) is 14.5 Å². The Hall–Kier alpha value is -2.39. The molecule has 0 fully saturated rings. The summed E-state index contributed by atoms with van der Waals surface area (Å²) >= 11 is 6.22. The lowest BCUT2D eigenvalue weighted by Crippen LogP contribution is -2.15. The average molecular weight is 308 g/mol. The summed E-state index contributed by atoms with van der Waals surface area (Å²) in [7, 11) is 0. The normalized spacial score (nSPS) is 18.1. The van der Waals surface area contributed by atoms with E-state index in [1.807, 2.05) is 24.7 Å². The van der Waals surface area contributed by atoms with Crippen molar-refractivity contribution in [1.29, 1.82) is 0 Å². The van der Waals surface area contributed by atoms with Crippen molar-refractivity contribution in [2.45, 2.75) is 12.8 Å². The van der Waals surface area contributed by atoms with Crippen LogP contribution in [0, 0.1) is 0 Å². The fourth-order valence-electron chi connectivity index (χ4n) is 3.02. The van der Waals surface area contributed by atoms with Crippen LogP contribution >= 0.6 is 11.6 Å². The number of imidazole rings is 1. The quantitative estimate of drug-likeness (QED) is 0.622. The first-order chi connectivity index (χ1) is 10.8. The molecule has 22 heavy (non-hydrogen) atoms. The monoisotopic (exact) mass is 307 g/mol. The molecule has 0 bridgehead atoms. The Bertz CT molecular complexity index is 879. The minimum absolute atomic E-state index is 0.320. The zero-order chi connectivity index (χ0) is 15.1. The molecule has 0 amide bonds. The van der Waals surface area contributed by atoms with Crippen molar-refractivity contribution in [3.63, 3.8) is 0 Å². The van der Waals surface area contributed by atoms with Crippen LogP contribution in [0.2, 0.25) is 5.15 Å². The lowest BCUT2D eigenvalue weighted by atomic mass is 9.88. The van der Waals surface area contributed by atoms with Crippen LogP contribution in [0.1, 0.15) is 35.2 Å². The molecule has 4 heteroatoms. The smallest absolute Gasteiger partial charge is 0.136 e. The molecule has 0 aliphatic carbocycles. The number of pyridine rings is 1. The molecule has 0 radical (unpaired) electrons. The van der Waals surface area contributed by atoms with Gasteiger partial charge in [-0.1, -0.05) is 48.9 Å². The molecule has 0 spiro atoms. The van der Waals surface area contributed by atoms with Crippen LogP contribution in [0.4, 0.5) is 0 Å². The summed E-state index contributed by atoms with van der Waals surface area (Å²) < 4.78 is 2.14. The van der Waals surface area contributed by atoms with Crippen molar-refractivity contribution in [2.75, 3.05) is 0 Å². The molecule has 0 saturated heterocycles. The van der Waals surface area contributed by atoms with Crippen molar-refractivity contribution >= 4 is 23.4 Å². The van der Waals surface area contributed by atoms with Crippen LogP contribution in [0.5, 0.6) is 0 Å². The Morgan fingerprint density at radius 2 is 2.05 bits per heavy atom. The summed E-state index contributed by atoms with van der Waals surface area (Å²) in [5, 5.41) is 0.507. The van der Waals surface area contributed by atoms with E-state index in [0.29, 0.717) is 11.1 Å². The molecule has 1 atom stereocenters. The average Bonchev–Trinajstić information content (AvgIpc) is 3.03. The molecule has 3 aromatic rings. The van der Waals surface area contributed by atoms with Gasteiger partial charge in [0.25, 0.3) is 0 Å². The second kappa shape index (κ2) is 5.11. The SMILES string of the molecule is CC1c2ccccc2/C(=C/c2cccnc2Cl)n2cncc21. The van der Waals surface area contributed by atoms with Crippen molar-refractivity contribution in [3.8, 4) is 0 Å². The minimum Gasteiger partial charge on any atom is -0.302 e. The zero-order valence-corrected chi connectivity index (χ0v) is 12.8. The number of halogens is 1. The summed E-state index contributed by atoms with van der Waals surface area (Å²) in [6.07, 6.45) is 7.56. The molecule has 2 aromatic heterocycles. The number of rotatable bonds is 1. The van der Waals surface area contributed by atoms with E-state index < -0.39 is 0 Å². The molecule has 1 aromatic carbocycles. The molecule has 3 heterocycles. The van der Waals surface area contributed by atoms with E-state index in [-0.39, 0.29) is 0 Å². The topological polar surface area (TPSA) is 30.7 Å². The Morgan fingerprint density at radius 1 is 1.18 bits per heavy atom. The van der Waals surface area contributed by atoms with Crippen molar-refractivity contribution in [3.05, 3.63) is 82.7 Å². The summed E-state index contributed by atoms with van der Waals surface area (Å²) in [6, 6.07) is 12.3. The van der Waals surface area contributed by atoms with Crippen LogP contribution in [0.15, 0.2) is 55.1 Å². The Kier molecular flexibility index (Phi) is 3.09. The highest BCUT2D eigenvalue weighted by atomic mass is 35.5. The van der Waals surface area contributed by atoms with Gasteiger partial charge >= 0.3 is 0 Å². The maximum absolute atomic E-state index is 6.22. The van der Waals surface area contributed by atoms with E-state index in [1.54, 1.807) is 6.20 Å². The molecular formula is C18H14ClN3. The summed E-state index contributed by atoms with van der Waals surface area (Å²) in [5.41, 5.74) is 5.69. The number of aromatic nitrogens is 3. The molecule has 0 saturated carbocycles. The summed E-state index contributed by atoms with van der Waals surface area (Å²) in [6.45, 7) is 2.21. The van der Waals surface area contributed by atoms with E-state index in [9.17, 15) is 0 Å². The van der Waals surface area contributed by atoms with Gasteiger partial charge in [0.1, 0.15) is 5.15 Å². The number of hydrogen-bond donors (Lipinski definition) is 0. The third-order valence-corrected chi connectivity index (χ3v) is 4.47. The van der Waals surface area contributed by atoms with Crippen LogP contribution in [-0.4, -0.2) is 14.5 Å². The van der Waals surface area contributed by atoms with Gasteiger partial charge < -0.3 is 4.57 Å². The molecule has 108 valence electrons. The molecule has 1 aliphatic heterocycles. The summed E-state index contributed by atoms with van der Waals surface area (Å²) in [4.78, 5) is 8.48. The van der Waals surface area contributed by atoms with E-state index in [4.69, 9.17) is 11.6 Å². The van der Waals surface area contributed by atoms with Gasteiger partial charge in [-0.3, -0.25) is 0 Å². The van der Waals surface area contributed by atoms with E-state index in [1.165, 1.54) is 16.8 Å². The van der Waals surface area contributed by atoms with Crippen molar-refractivity contribution < 1.29 is 0 Å². The van der Waals surface area contributed by atoms with Gasteiger partial charge in [-0.25, -0.2) is 9.97 Å². The van der Waals surface area contributed by atoms with Gasteiger partial charge in [0.05, 0.1) is 12.0 Å². The lowest BCUT2D eigenvalue weighted by molar-refractivity contribution is 0.806. The highest BCUT2D eigenvalue weighted by molar-refractivity contribution is 6.31. The van der Waals surface area contributed by atoms with Crippen molar-refractivity contribution in [2.24, 2.45) is 0 Å². The van der Waals surface area contributed by atoms with Crippen LogP contribution in [0.25, 0.3) is 11.8 Å². The van der Waals surface area contributed by atoms with Gasteiger partial charge in [0, 0.05) is 35.1 Å². The highest BCUT2D eigenvalue weighted by Gasteiger charge is 2.25. The Morgan fingerprint density at radius 3 is 2.91 bits per heavy atom. The van der Waals surface area contributed by atoms with Gasteiger partial charge in [-0.15, -0.1) is 0 Å². The van der Waals surface area contributed by atoms with Gasteiger partial charge in [-0.05, 0) is 17.7 Å². The number of hydrogen-bond acceptors (Lipinski definition) is 2. The lowest BCUT2D eigenvalue weighted by Gasteiger charge is -2.27. The van der Waals surface area contributed by atoms with E-state index >= 15 is 0 Å². The fraction of sp³-hybridized carbons (Fsp3) is 0.111. The second-order valence-corrected chi connectivity index (χ2v) is 5.77. The predicted octanol–water partition coefficient (Wildman–Crippen LogP) is 4.44. The molecule has 4 rings (SSSR count).